The normalized spacial score (nSPS) is 23.7. The number of hydrogen-bond donors (Lipinski definition) is 0. The second-order valence-electron chi connectivity index (χ2n) is 5.35. The van der Waals surface area contributed by atoms with Crippen molar-refractivity contribution in [2.45, 2.75) is 46.6 Å². The van der Waals surface area contributed by atoms with E-state index in [1.165, 1.54) is 18.6 Å². The first kappa shape index (κ1) is 12.5. The molecule has 0 N–H and O–H groups in total. The van der Waals surface area contributed by atoms with Crippen LogP contribution < -0.4 is 0 Å². The van der Waals surface area contributed by atoms with Gasteiger partial charge >= 0.3 is 0 Å². The van der Waals surface area contributed by atoms with Gasteiger partial charge in [0.25, 0.3) is 0 Å². The highest BCUT2D eigenvalue weighted by Gasteiger charge is 2.24. The van der Waals surface area contributed by atoms with E-state index in [1.807, 2.05) is 0 Å². The second kappa shape index (κ2) is 4.97. The molecule has 0 spiro atoms. The van der Waals surface area contributed by atoms with Gasteiger partial charge in [-0.3, -0.25) is 5.01 Å². The van der Waals surface area contributed by atoms with Gasteiger partial charge in [0.05, 0.1) is 12.6 Å². The molecule has 1 aliphatic heterocycles. The standard InChI is InChI=1S/C12H24N2O/c1-10(12(2,3)4)13-14-8-6-7-11(14)9-15-5/h11H,6-9H2,1-5H3/b13-10-/t11-/m0/s1. The molecule has 3 heteroatoms. The minimum atomic E-state index is 0.167. The van der Waals surface area contributed by atoms with Gasteiger partial charge in [-0.2, -0.15) is 5.10 Å². The summed E-state index contributed by atoms with van der Waals surface area (Å²) in [6.07, 6.45) is 2.43. The molecule has 0 aromatic rings. The fourth-order valence-corrected chi connectivity index (χ4v) is 1.66. The van der Waals surface area contributed by atoms with E-state index in [9.17, 15) is 0 Å². The number of nitrogens with zero attached hydrogens (tertiary/aromatic N) is 2. The Morgan fingerprint density at radius 2 is 2.13 bits per heavy atom. The van der Waals surface area contributed by atoms with Gasteiger partial charge in [-0.15, -0.1) is 0 Å². The van der Waals surface area contributed by atoms with Gasteiger partial charge < -0.3 is 4.74 Å². The van der Waals surface area contributed by atoms with E-state index in [1.54, 1.807) is 7.11 Å². The highest BCUT2D eigenvalue weighted by molar-refractivity contribution is 5.86. The van der Waals surface area contributed by atoms with E-state index in [0.29, 0.717) is 6.04 Å². The maximum absolute atomic E-state index is 5.21. The van der Waals surface area contributed by atoms with Crippen LogP contribution in [0.1, 0.15) is 40.5 Å². The largest absolute Gasteiger partial charge is 0.382 e. The van der Waals surface area contributed by atoms with E-state index in [-0.39, 0.29) is 5.41 Å². The summed E-state index contributed by atoms with van der Waals surface area (Å²) < 4.78 is 5.21. The highest BCUT2D eigenvalue weighted by Crippen LogP contribution is 2.21. The number of hydrogen-bond acceptors (Lipinski definition) is 3. The lowest BCUT2D eigenvalue weighted by atomic mass is 9.91. The van der Waals surface area contributed by atoms with Crippen molar-refractivity contribution in [2.75, 3.05) is 20.3 Å². The molecule has 1 heterocycles. The van der Waals surface area contributed by atoms with Crippen LogP contribution in [0.5, 0.6) is 0 Å². The number of ether oxygens (including phenoxy) is 1. The summed E-state index contributed by atoms with van der Waals surface area (Å²) >= 11 is 0. The molecule has 15 heavy (non-hydrogen) atoms. The third-order valence-corrected chi connectivity index (χ3v) is 3.07. The lowest BCUT2D eigenvalue weighted by Crippen LogP contribution is -2.31. The van der Waals surface area contributed by atoms with Gasteiger partial charge in [0.2, 0.25) is 0 Å². The average molecular weight is 212 g/mol. The molecule has 0 amide bonds. The van der Waals surface area contributed by atoms with Crippen LogP contribution in [0.4, 0.5) is 0 Å². The van der Waals surface area contributed by atoms with Gasteiger partial charge in [-0.1, -0.05) is 20.8 Å². The van der Waals surface area contributed by atoms with E-state index in [0.717, 1.165) is 13.2 Å². The lowest BCUT2D eigenvalue weighted by Gasteiger charge is -2.25. The predicted molar refractivity (Wildman–Crippen MR) is 64.2 cm³/mol. The molecule has 0 radical (unpaired) electrons. The molecular weight excluding hydrogens is 188 g/mol. The molecule has 0 aliphatic carbocycles. The first-order chi connectivity index (χ1) is 6.95. The second-order valence-corrected chi connectivity index (χ2v) is 5.35. The number of hydrazone groups is 1. The summed E-state index contributed by atoms with van der Waals surface area (Å²) in [7, 11) is 1.76. The Balaban J connectivity index is 2.63. The smallest absolute Gasteiger partial charge is 0.0704 e. The zero-order chi connectivity index (χ0) is 11.5. The predicted octanol–water partition coefficient (Wildman–Crippen LogP) is 2.52. The summed E-state index contributed by atoms with van der Waals surface area (Å²) in [5, 5.41) is 6.92. The molecule has 0 saturated carbocycles. The van der Waals surface area contributed by atoms with Crippen LogP contribution in [-0.4, -0.2) is 37.0 Å². The molecule has 1 atom stereocenters. The molecule has 0 bridgehead atoms. The Labute approximate surface area is 93.5 Å². The maximum atomic E-state index is 5.21. The van der Waals surface area contributed by atoms with E-state index >= 15 is 0 Å². The quantitative estimate of drug-likeness (QED) is 0.672. The van der Waals surface area contributed by atoms with E-state index in [2.05, 4.69) is 32.7 Å². The van der Waals surface area contributed by atoms with Crippen LogP contribution in [-0.2, 0) is 4.74 Å². The Kier molecular flexibility index (Phi) is 4.14. The fourth-order valence-electron chi connectivity index (χ4n) is 1.66. The van der Waals surface area contributed by atoms with Gasteiger partial charge in [0, 0.05) is 24.8 Å². The first-order valence-electron chi connectivity index (χ1n) is 5.76. The molecule has 88 valence electrons. The highest BCUT2D eigenvalue weighted by atomic mass is 16.5. The molecule has 0 aromatic heterocycles. The molecule has 3 nitrogen and oxygen atoms in total. The van der Waals surface area contributed by atoms with Gasteiger partial charge in [-0.25, -0.2) is 0 Å². The SMILES string of the molecule is COC[C@@H]1CCCN1/N=C(/C)C(C)(C)C. The Bertz CT molecular complexity index is 230. The molecule has 1 aliphatic rings. The van der Waals surface area contributed by atoms with Crippen molar-refractivity contribution >= 4 is 5.71 Å². The Morgan fingerprint density at radius 3 is 2.67 bits per heavy atom. The van der Waals surface area contributed by atoms with Gasteiger partial charge in [-0.05, 0) is 19.8 Å². The summed E-state index contributed by atoms with van der Waals surface area (Å²) in [5.74, 6) is 0. The van der Waals surface area contributed by atoms with E-state index in [4.69, 9.17) is 9.84 Å². The topological polar surface area (TPSA) is 24.8 Å². The van der Waals surface area contributed by atoms with Crippen molar-refractivity contribution in [1.82, 2.24) is 5.01 Å². The van der Waals surface area contributed by atoms with Crippen molar-refractivity contribution in [1.29, 1.82) is 0 Å². The van der Waals surface area contributed by atoms with Crippen LogP contribution in [0.15, 0.2) is 5.10 Å². The summed E-state index contributed by atoms with van der Waals surface area (Å²) in [6.45, 7) is 10.6. The van der Waals surface area contributed by atoms with Crippen LogP contribution in [0.3, 0.4) is 0 Å². The van der Waals surface area contributed by atoms with Gasteiger partial charge in [0.15, 0.2) is 0 Å². The molecule has 0 aromatic carbocycles. The summed E-state index contributed by atoms with van der Waals surface area (Å²) in [4.78, 5) is 0. The fraction of sp³-hybridized carbons (Fsp3) is 0.917. The van der Waals surface area contributed by atoms with Crippen molar-refractivity contribution < 1.29 is 4.74 Å². The van der Waals surface area contributed by atoms with Crippen molar-refractivity contribution in [3.8, 4) is 0 Å². The molecule has 1 rings (SSSR count). The Morgan fingerprint density at radius 1 is 1.47 bits per heavy atom. The van der Waals surface area contributed by atoms with Gasteiger partial charge in [0.1, 0.15) is 0 Å². The average Bonchev–Trinajstić information content (AvgIpc) is 2.52. The summed E-state index contributed by atoms with van der Waals surface area (Å²) in [6, 6.07) is 0.479. The zero-order valence-corrected chi connectivity index (χ0v) is 10.7. The maximum Gasteiger partial charge on any atom is 0.0704 e. The minimum Gasteiger partial charge on any atom is -0.382 e. The van der Waals surface area contributed by atoms with Crippen molar-refractivity contribution in [2.24, 2.45) is 10.5 Å². The first-order valence-corrected chi connectivity index (χ1v) is 5.76. The van der Waals surface area contributed by atoms with E-state index < -0.39 is 0 Å². The molecular formula is C12H24N2O. The van der Waals surface area contributed by atoms with Crippen LogP contribution in [0.25, 0.3) is 0 Å². The van der Waals surface area contributed by atoms with Crippen LogP contribution in [0.2, 0.25) is 0 Å². The third kappa shape index (κ3) is 3.49. The zero-order valence-electron chi connectivity index (χ0n) is 10.7. The van der Waals surface area contributed by atoms with Crippen LogP contribution >= 0.6 is 0 Å². The lowest BCUT2D eigenvalue weighted by molar-refractivity contribution is 0.117. The number of methoxy groups -OCH3 is 1. The van der Waals surface area contributed by atoms with Crippen LogP contribution in [0, 0.1) is 5.41 Å². The monoisotopic (exact) mass is 212 g/mol. The van der Waals surface area contributed by atoms with Crippen molar-refractivity contribution in [3.05, 3.63) is 0 Å². The number of rotatable bonds is 3. The minimum absolute atomic E-state index is 0.167. The molecule has 0 unspecified atom stereocenters. The Hall–Kier alpha value is -0.570. The summed E-state index contributed by atoms with van der Waals surface area (Å²) in [5.41, 5.74) is 1.37. The van der Waals surface area contributed by atoms with Crippen molar-refractivity contribution in [3.63, 3.8) is 0 Å². The third-order valence-electron chi connectivity index (χ3n) is 3.07. The molecule has 1 fully saturated rings. The molecule has 1 saturated heterocycles.